The molecule has 0 bridgehead atoms. The van der Waals surface area contributed by atoms with Gasteiger partial charge in [-0.2, -0.15) is 0 Å². The van der Waals surface area contributed by atoms with Crippen LogP contribution in [0.25, 0.3) is 0 Å². The maximum atomic E-state index is 12.9. The molecule has 2 rings (SSSR count). The average molecular weight is 206 g/mol. The van der Waals surface area contributed by atoms with Crippen molar-refractivity contribution in [3.8, 4) is 0 Å². The summed E-state index contributed by atoms with van der Waals surface area (Å²) in [7, 11) is 0. The molecule has 0 aromatic heterocycles. The summed E-state index contributed by atoms with van der Waals surface area (Å²) < 4.78 is 12.9. The quantitative estimate of drug-likeness (QED) is 0.695. The summed E-state index contributed by atoms with van der Waals surface area (Å²) in [5.41, 5.74) is 1.16. The number of ketones is 2. The first-order valence-electron chi connectivity index (χ1n) is 4.99. The van der Waals surface area contributed by atoms with E-state index in [2.05, 4.69) is 0 Å². The molecular weight excluding hydrogens is 195 g/mol. The molecule has 2 nitrogen and oxygen atoms in total. The highest BCUT2D eigenvalue weighted by Gasteiger charge is 2.34. The first-order valence-corrected chi connectivity index (χ1v) is 4.99. The fourth-order valence-electron chi connectivity index (χ4n) is 1.98. The second-order valence-electron chi connectivity index (χ2n) is 3.74. The lowest BCUT2D eigenvalue weighted by Crippen LogP contribution is -2.19. The molecule has 0 radical (unpaired) electrons. The summed E-state index contributed by atoms with van der Waals surface area (Å²) in [6, 6.07) is 4.07. The van der Waals surface area contributed by atoms with Crippen LogP contribution in [-0.2, 0) is 11.2 Å². The Hall–Kier alpha value is -1.51. The first-order chi connectivity index (χ1) is 7.13. The van der Waals surface area contributed by atoms with Crippen molar-refractivity contribution in [1.29, 1.82) is 0 Å². The zero-order chi connectivity index (χ0) is 11.0. The first kappa shape index (κ1) is 10.0. The number of halogens is 1. The minimum Gasteiger partial charge on any atom is -0.299 e. The third-order valence-corrected chi connectivity index (χ3v) is 2.81. The summed E-state index contributed by atoms with van der Waals surface area (Å²) in [6.07, 6.45) is 0.714. The van der Waals surface area contributed by atoms with Gasteiger partial charge in [-0.05, 0) is 30.2 Å². The highest BCUT2D eigenvalue weighted by Crippen LogP contribution is 2.28. The molecule has 0 heterocycles. The second-order valence-corrected chi connectivity index (χ2v) is 3.74. The van der Waals surface area contributed by atoms with E-state index in [-0.39, 0.29) is 17.4 Å². The maximum Gasteiger partial charge on any atom is 0.173 e. The largest absolute Gasteiger partial charge is 0.299 e. The van der Waals surface area contributed by atoms with Crippen molar-refractivity contribution in [2.45, 2.75) is 19.8 Å². The minimum absolute atomic E-state index is 0.0587. The van der Waals surface area contributed by atoms with Crippen LogP contribution < -0.4 is 0 Å². The standard InChI is InChI=1S/C12H11FO2/c1-2-11(14)10-6-7-5-8(13)3-4-9(7)12(10)15/h3-5,10H,2,6H2,1H3. The van der Waals surface area contributed by atoms with Gasteiger partial charge in [-0.15, -0.1) is 0 Å². The topological polar surface area (TPSA) is 34.1 Å². The van der Waals surface area contributed by atoms with Crippen molar-refractivity contribution in [2.75, 3.05) is 0 Å². The van der Waals surface area contributed by atoms with E-state index in [1.807, 2.05) is 0 Å². The lowest BCUT2D eigenvalue weighted by molar-refractivity contribution is -0.121. The molecule has 1 aromatic rings. The molecule has 1 aromatic carbocycles. The Labute approximate surface area is 87.1 Å². The monoisotopic (exact) mass is 206 g/mol. The van der Waals surface area contributed by atoms with Crippen LogP contribution in [0.2, 0.25) is 0 Å². The normalized spacial score (nSPS) is 19.1. The van der Waals surface area contributed by atoms with Crippen molar-refractivity contribution in [2.24, 2.45) is 5.92 Å². The van der Waals surface area contributed by atoms with E-state index in [0.29, 0.717) is 24.0 Å². The van der Waals surface area contributed by atoms with E-state index in [4.69, 9.17) is 0 Å². The van der Waals surface area contributed by atoms with Crippen LogP contribution in [0.1, 0.15) is 29.3 Å². The highest BCUT2D eigenvalue weighted by atomic mass is 19.1. The highest BCUT2D eigenvalue weighted by molar-refractivity contribution is 6.13. The van der Waals surface area contributed by atoms with Gasteiger partial charge in [0.2, 0.25) is 0 Å². The summed E-state index contributed by atoms with van der Waals surface area (Å²) >= 11 is 0. The van der Waals surface area contributed by atoms with Crippen LogP contribution in [0.3, 0.4) is 0 Å². The fourth-order valence-corrected chi connectivity index (χ4v) is 1.98. The number of carbonyl (C=O) groups is 2. The molecule has 0 saturated carbocycles. The Kier molecular flexibility index (Phi) is 2.39. The fraction of sp³-hybridized carbons (Fsp3) is 0.333. The van der Waals surface area contributed by atoms with Crippen LogP contribution in [0.5, 0.6) is 0 Å². The molecule has 0 amide bonds. The molecule has 0 fully saturated rings. The number of benzene rings is 1. The van der Waals surface area contributed by atoms with Gasteiger partial charge in [0.05, 0.1) is 5.92 Å². The third-order valence-electron chi connectivity index (χ3n) is 2.81. The molecular formula is C12H11FO2. The molecule has 1 aliphatic carbocycles. The number of fused-ring (bicyclic) bond motifs is 1. The van der Waals surface area contributed by atoms with Crippen molar-refractivity contribution in [1.82, 2.24) is 0 Å². The number of carbonyl (C=O) groups excluding carboxylic acids is 2. The number of rotatable bonds is 2. The molecule has 1 atom stereocenters. The zero-order valence-corrected chi connectivity index (χ0v) is 8.42. The van der Waals surface area contributed by atoms with Gasteiger partial charge in [0.15, 0.2) is 5.78 Å². The number of hydrogen-bond acceptors (Lipinski definition) is 2. The van der Waals surface area contributed by atoms with E-state index in [9.17, 15) is 14.0 Å². The third kappa shape index (κ3) is 1.58. The lowest BCUT2D eigenvalue weighted by Gasteiger charge is -2.02. The summed E-state index contributed by atoms with van der Waals surface area (Å²) in [6.45, 7) is 1.74. The minimum atomic E-state index is -0.577. The van der Waals surface area contributed by atoms with Gasteiger partial charge in [-0.3, -0.25) is 9.59 Å². The van der Waals surface area contributed by atoms with E-state index in [1.54, 1.807) is 6.92 Å². The SMILES string of the molecule is CCC(=O)C1Cc2cc(F)ccc2C1=O. The van der Waals surface area contributed by atoms with Crippen LogP contribution >= 0.6 is 0 Å². The van der Waals surface area contributed by atoms with Gasteiger partial charge in [-0.25, -0.2) is 4.39 Å². The van der Waals surface area contributed by atoms with Gasteiger partial charge < -0.3 is 0 Å². The van der Waals surface area contributed by atoms with Gasteiger partial charge in [0, 0.05) is 12.0 Å². The lowest BCUT2D eigenvalue weighted by atomic mass is 9.98. The Morgan fingerprint density at radius 1 is 1.53 bits per heavy atom. The Balaban J connectivity index is 2.37. The summed E-state index contributed by atoms with van der Waals surface area (Å²) in [4.78, 5) is 23.2. The molecule has 15 heavy (non-hydrogen) atoms. The number of Topliss-reactive ketones (excluding diaryl/α,β-unsaturated/α-hetero) is 2. The molecule has 78 valence electrons. The second kappa shape index (κ2) is 3.57. The van der Waals surface area contributed by atoms with Gasteiger partial charge in [-0.1, -0.05) is 6.92 Å². The number of hydrogen-bond donors (Lipinski definition) is 0. The Morgan fingerprint density at radius 2 is 2.27 bits per heavy atom. The average Bonchev–Trinajstić information content (AvgIpc) is 2.54. The van der Waals surface area contributed by atoms with Crippen molar-refractivity contribution < 1.29 is 14.0 Å². The van der Waals surface area contributed by atoms with Crippen molar-refractivity contribution >= 4 is 11.6 Å². The van der Waals surface area contributed by atoms with E-state index in [0.717, 1.165) is 0 Å². The van der Waals surface area contributed by atoms with Crippen molar-refractivity contribution in [3.63, 3.8) is 0 Å². The van der Waals surface area contributed by atoms with Gasteiger partial charge in [0.1, 0.15) is 11.6 Å². The molecule has 0 aliphatic heterocycles. The molecule has 3 heteroatoms. The van der Waals surface area contributed by atoms with Gasteiger partial charge in [0.25, 0.3) is 0 Å². The Morgan fingerprint density at radius 3 is 2.93 bits per heavy atom. The zero-order valence-electron chi connectivity index (χ0n) is 8.42. The van der Waals surface area contributed by atoms with Crippen molar-refractivity contribution in [3.05, 3.63) is 35.1 Å². The predicted molar refractivity (Wildman–Crippen MR) is 53.2 cm³/mol. The molecule has 0 N–H and O–H groups in total. The summed E-state index contributed by atoms with van der Waals surface area (Å²) in [5.74, 6) is -1.15. The Bertz CT molecular complexity index is 437. The molecule has 1 unspecified atom stereocenters. The van der Waals surface area contributed by atoms with Crippen LogP contribution in [0.4, 0.5) is 4.39 Å². The molecule has 0 spiro atoms. The van der Waals surface area contributed by atoms with Crippen LogP contribution in [0.15, 0.2) is 18.2 Å². The van der Waals surface area contributed by atoms with Gasteiger partial charge >= 0.3 is 0 Å². The van der Waals surface area contributed by atoms with E-state index in [1.165, 1.54) is 18.2 Å². The van der Waals surface area contributed by atoms with E-state index < -0.39 is 5.92 Å². The summed E-state index contributed by atoms with van der Waals surface area (Å²) in [5, 5.41) is 0. The van der Waals surface area contributed by atoms with Crippen LogP contribution in [-0.4, -0.2) is 11.6 Å². The van der Waals surface area contributed by atoms with E-state index >= 15 is 0 Å². The molecule has 1 aliphatic rings. The smallest absolute Gasteiger partial charge is 0.173 e. The maximum absolute atomic E-state index is 12.9. The predicted octanol–water partition coefficient (Wildman–Crippen LogP) is 2.16. The molecule has 0 saturated heterocycles. The van der Waals surface area contributed by atoms with Crippen LogP contribution in [0, 0.1) is 11.7 Å².